The van der Waals surface area contributed by atoms with E-state index >= 15 is 0 Å². The maximum Gasteiger partial charge on any atom is 0.269 e. The Bertz CT molecular complexity index is 1120. The number of pyridine rings is 1. The van der Waals surface area contributed by atoms with Crippen LogP contribution in [0.25, 0.3) is 11.3 Å². The molecule has 1 N–H and O–H groups in total. The summed E-state index contributed by atoms with van der Waals surface area (Å²) in [5, 5.41) is 14.5. The highest BCUT2D eigenvalue weighted by molar-refractivity contribution is 6.28. The third-order valence-electron chi connectivity index (χ3n) is 3.87. The van der Waals surface area contributed by atoms with Crippen LogP contribution in [0.2, 0.25) is 0 Å². The second kappa shape index (κ2) is 5.06. The van der Waals surface area contributed by atoms with Crippen molar-refractivity contribution in [3.63, 3.8) is 0 Å². The van der Waals surface area contributed by atoms with Crippen molar-refractivity contribution in [1.29, 1.82) is 0 Å². The molecule has 0 atom stereocenters. The number of fused-ring (bicyclic) bond motifs is 2. The number of benzene rings is 1. The first kappa shape index (κ1) is 14.7. The molecule has 1 aliphatic rings. The van der Waals surface area contributed by atoms with Crippen LogP contribution in [0.15, 0.2) is 45.7 Å². The lowest BCUT2D eigenvalue weighted by Gasteiger charge is -2.12. The van der Waals surface area contributed by atoms with E-state index in [1.807, 2.05) is 0 Å². The number of aromatic amines is 1. The van der Waals surface area contributed by atoms with E-state index in [-0.39, 0.29) is 34.0 Å². The highest BCUT2D eigenvalue weighted by Crippen LogP contribution is 2.33. The van der Waals surface area contributed by atoms with Crippen molar-refractivity contribution in [3.05, 3.63) is 79.4 Å². The largest absolute Gasteiger partial charge is 0.351 e. The summed E-state index contributed by atoms with van der Waals surface area (Å²) in [7, 11) is 0. The monoisotopic (exact) mass is 337 g/mol. The molecule has 0 amide bonds. The summed E-state index contributed by atoms with van der Waals surface area (Å²) >= 11 is 0. The molecule has 0 saturated carbocycles. The molecule has 9 nitrogen and oxygen atoms in total. The topological polar surface area (TPSA) is 136 Å². The number of hydrogen-bond donors (Lipinski definition) is 1. The maximum absolute atomic E-state index is 12.7. The van der Waals surface area contributed by atoms with Crippen molar-refractivity contribution >= 4 is 17.3 Å². The average Bonchev–Trinajstić information content (AvgIpc) is 3.05. The summed E-state index contributed by atoms with van der Waals surface area (Å²) < 4.78 is 5.02. The van der Waals surface area contributed by atoms with E-state index in [9.17, 15) is 24.5 Å². The fourth-order valence-corrected chi connectivity index (χ4v) is 2.68. The number of nitrogens with zero attached hydrogens (tertiary/aromatic N) is 2. The van der Waals surface area contributed by atoms with Gasteiger partial charge >= 0.3 is 0 Å². The smallest absolute Gasteiger partial charge is 0.269 e. The lowest BCUT2D eigenvalue weighted by Crippen LogP contribution is -2.24. The lowest BCUT2D eigenvalue weighted by atomic mass is 9.89. The van der Waals surface area contributed by atoms with Gasteiger partial charge in [-0.05, 0) is 18.2 Å². The fourth-order valence-electron chi connectivity index (χ4n) is 2.68. The highest BCUT2D eigenvalue weighted by atomic mass is 16.6. The number of nitro benzene ring substituents is 1. The summed E-state index contributed by atoms with van der Waals surface area (Å²) in [5.41, 5.74) is -0.257. The minimum absolute atomic E-state index is 0.0293. The standard InChI is InChI=1S/C16H7N3O6/c20-10-6-5-9-13(17-10)15(22)16-11(14(9)21)12(18-25-16)7-1-3-8(4-2-7)19(23)24/h1-6H,(H,17,20). The number of rotatable bonds is 2. The number of carbonyl (C=O) groups excluding carboxylic acids is 2. The van der Waals surface area contributed by atoms with Gasteiger partial charge in [0.15, 0.2) is 0 Å². The molecule has 122 valence electrons. The van der Waals surface area contributed by atoms with Gasteiger partial charge in [0.2, 0.25) is 22.9 Å². The van der Waals surface area contributed by atoms with Gasteiger partial charge in [-0.1, -0.05) is 5.16 Å². The Labute approximate surface area is 138 Å². The zero-order valence-electron chi connectivity index (χ0n) is 12.3. The van der Waals surface area contributed by atoms with Crippen molar-refractivity contribution in [1.82, 2.24) is 10.1 Å². The lowest BCUT2D eigenvalue weighted by molar-refractivity contribution is -0.384. The van der Waals surface area contributed by atoms with Crippen LogP contribution in [0.4, 0.5) is 5.69 Å². The zero-order chi connectivity index (χ0) is 17.7. The molecule has 0 bridgehead atoms. The maximum atomic E-state index is 12.7. The van der Waals surface area contributed by atoms with Gasteiger partial charge in [-0.3, -0.25) is 24.5 Å². The first-order valence-electron chi connectivity index (χ1n) is 7.04. The van der Waals surface area contributed by atoms with Crippen molar-refractivity contribution in [2.45, 2.75) is 0 Å². The van der Waals surface area contributed by atoms with Crippen LogP contribution in [0.3, 0.4) is 0 Å². The quantitative estimate of drug-likeness (QED) is 0.434. The van der Waals surface area contributed by atoms with Crippen molar-refractivity contribution in [3.8, 4) is 11.3 Å². The normalized spacial score (nSPS) is 12.6. The average molecular weight is 337 g/mol. The molecule has 0 radical (unpaired) electrons. The SMILES string of the molecule is O=C1c2[nH]c(=O)ccc2C(=O)c2c(-c3ccc([N+](=O)[O-])cc3)noc21. The molecule has 3 aromatic rings. The molecular formula is C16H7N3O6. The van der Waals surface area contributed by atoms with Gasteiger partial charge in [-0.25, -0.2) is 0 Å². The number of H-pyrrole nitrogens is 1. The third-order valence-corrected chi connectivity index (χ3v) is 3.87. The first-order chi connectivity index (χ1) is 12.0. The molecule has 4 rings (SSSR count). The number of carbonyl (C=O) groups is 2. The second-order valence-corrected chi connectivity index (χ2v) is 5.31. The van der Waals surface area contributed by atoms with Gasteiger partial charge in [0.25, 0.3) is 5.69 Å². The molecule has 2 aromatic heterocycles. The minimum atomic E-state index is -0.650. The molecule has 0 saturated heterocycles. The van der Waals surface area contributed by atoms with Gasteiger partial charge in [-0.15, -0.1) is 0 Å². The van der Waals surface area contributed by atoms with Gasteiger partial charge in [0.1, 0.15) is 17.0 Å². The fraction of sp³-hybridized carbons (Fsp3) is 0. The summed E-state index contributed by atoms with van der Waals surface area (Å²) in [4.78, 5) is 49.1. The predicted octanol–water partition coefficient (Wildman–Crippen LogP) is 1.71. The number of aromatic nitrogens is 2. The molecule has 0 aliphatic heterocycles. The Morgan fingerprint density at radius 3 is 2.40 bits per heavy atom. The van der Waals surface area contributed by atoms with Crippen LogP contribution in [-0.2, 0) is 0 Å². The Morgan fingerprint density at radius 1 is 1.00 bits per heavy atom. The molecule has 0 unspecified atom stereocenters. The Balaban J connectivity index is 1.88. The van der Waals surface area contributed by atoms with Crippen LogP contribution >= 0.6 is 0 Å². The van der Waals surface area contributed by atoms with Crippen LogP contribution in [-0.4, -0.2) is 26.6 Å². The Hall–Kier alpha value is -3.88. The van der Waals surface area contributed by atoms with Crippen molar-refractivity contribution in [2.75, 3.05) is 0 Å². The molecule has 2 heterocycles. The molecule has 1 aliphatic carbocycles. The molecule has 25 heavy (non-hydrogen) atoms. The first-order valence-corrected chi connectivity index (χ1v) is 7.04. The molecule has 9 heteroatoms. The van der Waals surface area contributed by atoms with E-state index in [1.54, 1.807) is 0 Å². The number of nitro groups is 1. The summed E-state index contributed by atoms with van der Waals surface area (Å²) in [5.74, 6) is -1.44. The van der Waals surface area contributed by atoms with Crippen LogP contribution in [0.1, 0.15) is 32.2 Å². The van der Waals surface area contributed by atoms with Crippen LogP contribution in [0, 0.1) is 10.1 Å². The summed E-state index contributed by atoms with van der Waals surface area (Å²) in [6.45, 7) is 0. The van der Waals surface area contributed by atoms with Crippen LogP contribution < -0.4 is 5.56 Å². The number of non-ortho nitro benzene ring substituents is 1. The van der Waals surface area contributed by atoms with E-state index < -0.39 is 22.0 Å². The number of ketones is 2. The summed E-state index contributed by atoms with van der Waals surface area (Å²) in [6.07, 6.45) is 0. The van der Waals surface area contributed by atoms with Crippen molar-refractivity contribution < 1.29 is 19.0 Å². The minimum Gasteiger partial charge on any atom is -0.351 e. The molecular weight excluding hydrogens is 330 g/mol. The molecule has 0 fully saturated rings. The van der Waals surface area contributed by atoms with Crippen molar-refractivity contribution in [2.24, 2.45) is 0 Å². The van der Waals surface area contributed by atoms with E-state index in [0.717, 1.165) is 6.07 Å². The Kier molecular flexibility index (Phi) is 2.98. The predicted molar refractivity (Wildman–Crippen MR) is 82.5 cm³/mol. The Morgan fingerprint density at radius 2 is 1.72 bits per heavy atom. The van der Waals surface area contributed by atoms with Crippen LogP contribution in [0.5, 0.6) is 0 Å². The van der Waals surface area contributed by atoms with Gasteiger partial charge in [0, 0.05) is 23.8 Å². The zero-order valence-corrected chi connectivity index (χ0v) is 12.3. The van der Waals surface area contributed by atoms with E-state index in [4.69, 9.17) is 4.52 Å². The molecule has 1 aromatic carbocycles. The van der Waals surface area contributed by atoms with E-state index in [0.29, 0.717) is 5.56 Å². The van der Waals surface area contributed by atoms with Gasteiger partial charge < -0.3 is 9.51 Å². The molecule has 0 spiro atoms. The summed E-state index contributed by atoms with van der Waals surface area (Å²) in [6, 6.07) is 7.76. The van der Waals surface area contributed by atoms with Gasteiger partial charge in [0.05, 0.1) is 10.5 Å². The number of hydrogen-bond acceptors (Lipinski definition) is 7. The number of nitrogens with one attached hydrogen (secondary N) is 1. The van der Waals surface area contributed by atoms with E-state index in [1.165, 1.54) is 30.3 Å². The second-order valence-electron chi connectivity index (χ2n) is 5.31. The highest BCUT2D eigenvalue weighted by Gasteiger charge is 2.37. The van der Waals surface area contributed by atoms with E-state index in [2.05, 4.69) is 10.1 Å². The van der Waals surface area contributed by atoms with Gasteiger partial charge in [-0.2, -0.15) is 0 Å². The third kappa shape index (κ3) is 2.10.